The first-order valence-electron chi connectivity index (χ1n) is 11.9. The molecule has 32 heavy (non-hydrogen) atoms. The first-order chi connectivity index (χ1) is 14.8. The second kappa shape index (κ2) is 21.8. The van der Waals surface area contributed by atoms with Gasteiger partial charge in [0.15, 0.2) is 0 Å². The summed E-state index contributed by atoms with van der Waals surface area (Å²) in [6, 6.07) is 0. The van der Waals surface area contributed by atoms with E-state index >= 15 is 0 Å². The molecule has 0 heterocycles. The Hall–Kier alpha value is -1.07. The van der Waals surface area contributed by atoms with E-state index < -0.39 is 34.1 Å². The number of hydrogen-bond donors (Lipinski definition) is 3. The Kier molecular flexibility index (Phi) is 22.5. The van der Waals surface area contributed by atoms with Gasteiger partial charge in [0.1, 0.15) is 6.42 Å². The van der Waals surface area contributed by atoms with Crippen molar-refractivity contribution in [3.63, 3.8) is 0 Å². The number of carbonyl (C=O) groups excluding carboxylic acids is 1. The van der Waals surface area contributed by atoms with E-state index in [1.54, 1.807) is 0 Å². The zero-order valence-electron chi connectivity index (χ0n) is 20.3. The van der Waals surface area contributed by atoms with Crippen LogP contribution in [0.1, 0.15) is 116 Å². The zero-order valence-corrected chi connectivity index (χ0v) is 21.1. The number of carboxylic acids is 1. The van der Waals surface area contributed by atoms with Crippen LogP contribution in [0.3, 0.4) is 0 Å². The first kappa shape index (κ1) is 33.1. The van der Waals surface area contributed by atoms with Crippen molar-refractivity contribution in [2.45, 2.75) is 121 Å². The molecule has 0 saturated heterocycles. The molecule has 0 amide bonds. The molecule has 2 atom stereocenters. The number of rotatable bonds is 22. The van der Waals surface area contributed by atoms with E-state index in [1.807, 2.05) is 0 Å². The smallest absolute Gasteiger partial charge is 0.463 e. The summed E-state index contributed by atoms with van der Waals surface area (Å²) in [5.74, 6) is 0.231. The summed E-state index contributed by atoms with van der Waals surface area (Å²) in [5, 5.41) is 6.88. The van der Waals surface area contributed by atoms with Crippen molar-refractivity contribution in [2.24, 2.45) is 0 Å². The Morgan fingerprint density at radius 2 is 1.19 bits per heavy atom. The Morgan fingerprint density at radius 3 is 1.53 bits per heavy atom. The normalized spacial score (nSPS) is 13.7. The van der Waals surface area contributed by atoms with Gasteiger partial charge in [-0.05, 0) is 10.6 Å². The van der Waals surface area contributed by atoms with E-state index in [2.05, 4.69) is 17.1 Å². The molecule has 1 radical (unpaired) electrons. The lowest BCUT2D eigenvalue weighted by Crippen LogP contribution is -2.56. The van der Waals surface area contributed by atoms with Crippen LogP contribution in [0.15, 0.2) is 0 Å². The summed E-state index contributed by atoms with van der Waals surface area (Å²) in [6.45, 7) is 2.32. The van der Waals surface area contributed by atoms with Gasteiger partial charge in [0.05, 0.1) is 11.2 Å². The molecule has 2 unspecified atom stereocenters. The number of hydrogen-bond acceptors (Lipinski definition) is 5. The number of carboxylic acid groups (broad SMARTS) is 1. The van der Waals surface area contributed by atoms with Crippen molar-refractivity contribution in [1.29, 1.82) is 0 Å². The van der Waals surface area contributed by atoms with Gasteiger partial charge in [0.2, 0.25) is 0 Å². The van der Waals surface area contributed by atoms with Gasteiger partial charge < -0.3 is 16.0 Å². The summed E-state index contributed by atoms with van der Waals surface area (Å²) in [4.78, 5) is 22.6. The molecule has 9 nitrogen and oxygen atoms in total. The minimum Gasteiger partial charge on any atom is -0.481 e. The summed E-state index contributed by atoms with van der Waals surface area (Å²) in [5.41, 5.74) is 0. The molecule has 0 saturated carbocycles. The molecule has 0 spiro atoms. The molecule has 0 aromatic rings. The molecule has 0 aliphatic heterocycles. The Labute approximate surface area is 195 Å². The van der Waals surface area contributed by atoms with E-state index in [9.17, 15) is 18.4 Å². The maximum atomic E-state index is 11.9. The molecule has 0 aliphatic carbocycles. The number of esters is 1. The van der Waals surface area contributed by atoms with Crippen LogP contribution >= 0.6 is 0 Å². The van der Waals surface area contributed by atoms with E-state index in [-0.39, 0.29) is 12.8 Å². The lowest BCUT2D eigenvalue weighted by Gasteiger charge is -2.09. The minimum atomic E-state index is -4.39. The summed E-state index contributed by atoms with van der Waals surface area (Å²) in [7, 11) is -4.39. The first-order valence-corrected chi connectivity index (χ1v) is 13.4. The van der Waals surface area contributed by atoms with Gasteiger partial charge in [-0.2, -0.15) is 5.90 Å². The molecule has 0 aromatic heterocycles. The van der Waals surface area contributed by atoms with E-state index in [0.29, 0.717) is 6.42 Å². The van der Waals surface area contributed by atoms with Gasteiger partial charge in [0, 0.05) is 4.28 Å². The fourth-order valence-electron chi connectivity index (χ4n) is 3.46. The van der Waals surface area contributed by atoms with Crippen LogP contribution in [0.25, 0.3) is 0 Å². The van der Waals surface area contributed by atoms with Crippen LogP contribution in [0.2, 0.25) is 0 Å². The topological polar surface area (TPSA) is 174 Å². The van der Waals surface area contributed by atoms with Crippen molar-refractivity contribution in [2.75, 3.05) is 6.61 Å². The van der Waals surface area contributed by atoms with Crippen molar-refractivity contribution >= 4 is 22.4 Å². The Morgan fingerprint density at radius 1 is 0.812 bits per heavy atom. The largest absolute Gasteiger partial charge is 0.481 e. The molecular weight excluding hydrogens is 436 g/mol. The van der Waals surface area contributed by atoms with Gasteiger partial charge in [0.25, 0.3) is 5.25 Å². The fourth-order valence-corrected chi connectivity index (χ4v) is 4.27. The van der Waals surface area contributed by atoms with Crippen molar-refractivity contribution in [3.05, 3.63) is 0 Å². The third-order valence-electron chi connectivity index (χ3n) is 5.38. The lowest BCUT2D eigenvalue weighted by atomic mass is 10.0. The average molecular weight is 485 g/mol. The van der Waals surface area contributed by atoms with Crippen molar-refractivity contribution in [1.82, 2.24) is 6.15 Å². The number of carbonyl (C=O) groups is 2. The molecule has 0 aliphatic rings. The molecule has 191 valence electrons. The van der Waals surface area contributed by atoms with Crippen LogP contribution in [-0.2, 0) is 37.9 Å². The van der Waals surface area contributed by atoms with Gasteiger partial charge in [-0.3, -0.25) is 4.79 Å². The summed E-state index contributed by atoms with van der Waals surface area (Å²) in [6.07, 6.45) is 18.8. The lowest BCUT2D eigenvalue weighted by molar-refractivity contribution is -0.637. The highest BCUT2D eigenvalue weighted by Gasteiger charge is 2.52. The van der Waals surface area contributed by atoms with Crippen molar-refractivity contribution < 1.29 is 38.4 Å². The maximum absolute atomic E-state index is 11.9. The van der Waals surface area contributed by atoms with E-state index in [1.165, 1.54) is 77.0 Å². The van der Waals surface area contributed by atoms with Gasteiger partial charge >= 0.3 is 22.4 Å². The van der Waals surface area contributed by atoms with Crippen LogP contribution in [0.4, 0.5) is 0 Å². The van der Waals surface area contributed by atoms with Gasteiger partial charge in [-0.1, -0.05) is 103 Å². The average Bonchev–Trinajstić information content (AvgIpc) is 2.73. The fraction of sp³-hybridized carbons (Fsp3) is 0.909. The predicted octanol–water partition coefficient (Wildman–Crippen LogP) is 4.94. The minimum absolute atomic E-state index is 0. The molecular formula is C22H48N2O7S+3. The monoisotopic (exact) mass is 484 g/mol. The third-order valence-corrected chi connectivity index (χ3v) is 6.76. The predicted molar refractivity (Wildman–Crippen MR) is 125 cm³/mol. The summed E-state index contributed by atoms with van der Waals surface area (Å²) < 4.78 is 32.2. The molecule has 10 heteroatoms. The standard InChI is InChI=1S/C22H43NO7S.H3N/c1-2-3-4-5-6-7-8-9-10-11-12-13-14-15-16-17-18-29-22(26)20(19-21(24)25)31(27,28)30-23;/h20H,2-19H2,1,23H3;1H3/q+1;/p+2. The van der Waals surface area contributed by atoms with E-state index in [0.717, 1.165) is 19.3 Å². The molecule has 8 N–H and O–H groups in total. The SMILES string of the molecule is CCCCCCCCCCCCCCCCCCOC(=O)C(CC(=O)O)[S+]([O])(=O)O[NH3+].[NH4+]. The highest BCUT2D eigenvalue weighted by molar-refractivity contribution is 7.94. The van der Waals surface area contributed by atoms with E-state index in [4.69, 9.17) is 9.84 Å². The second-order valence-electron chi connectivity index (χ2n) is 8.17. The zero-order chi connectivity index (χ0) is 23.4. The highest BCUT2D eigenvalue weighted by Crippen LogP contribution is 2.17. The number of ether oxygens (including phenoxy) is 1. The molecule has 0 bridgehead atoms. The quantitative estimate of drug-likeness (QED) is 0.0848. The molecule has 0 fully saturated rings. The maximum Gasteiger partial charge on any atom is 0.463 e. The molecule has 0 aromatic carbocycles. The van der Waals surface area contributed by atoms with Gasteiger partial charge in [-0.25, -0.2) is 4.79 Å². The van der Waals surface area contributed by atoms with Crippen molar-refractivity contribution in [3.8, 4) is 0 Å². The highest BCUT2D eigenvalue weighted by atomic mass is 32.3. The van der Waals surface area contributed by atoms with Crippen LogP contribution in [-0.4, -0.2) is 28.9 Å². The van der Waals surface area contributed by atoms with Gasteiger partial charge in [-0.15, -0.1) is 0 Å². The summed E-state index contributed by atoms with van der Waals surface area (Å²) >= 11 is 0. The second-order valence-corrected chi connectivity index (χ2v) is 9.96. The van der Waals surface area contributed by atoms with Crippen LogP contribution < -0.4 is 12.0 Å². The third kappa shape index (κ3) is 18.5. The number of unbranched alkanes of at least 4 members (excludes halogenated alkanes) is 15. The number of quaternary nitrogens is 2. The molecule has 0 rings (SSSR count). The van der Waals surface area contributed by atoms with Crippen LogP contribution in [0.5, 0.6) is 0 Å². The Bertz CT molecular complexity index is 521. The van der Waals surface area contributed by atoms with Crippen LogP contribution in [0, 0.1) is 0 Å². The number of aliphatic carboxylic acids is 1. The Balaban J connectivity index is 0.